The number of halogens is 2. The Morgan fingerprint density at radius 3 is 1.92 bits per heavy atom. The van der Waals surface area contributed by atoms with Gasteiger partial charge >= 0.3 is 0 Å². The Bertz CT molecular complexity index is 1900. The van der Waals surface area contributed by atoms with Crippen molar-refractivity contribution >= 4 is 50.6 Å². The second-order valence-electron chi connectivity index (χ2n) is 15.5. The largest absolute Gasteiger partial charge is 0.508 e. The highest BCUT2D eigenvalue weighted by Crippen LogP contribution is 2.30. The Labute approximate surface area is 374 Å². The molecular formula is C51H69BrClNO6. The van der Waals surface area contributed by atoms with E-state index in [0.29, 0.717) is 57.8 Å². The van der Waals surface area contributed by atoms with Gasteiger partial charge in [-0.15, -0.1) is 0 Å². The van der Waals surface area contributed by atoms with Gasteiger partial charge in [-0.3, -0.25) is 14.4 Å². The maximum absolute atomic E-state index is 11.7. The van der Waals surface area contributed by atoms with Crippen LogP contribution in [0.3, 0.4) is 0 Å². The lowest BCUT2D eigenvalue weighted by atomic mass is 9.85. The number of aryl methyl sites for hydroxylation is 2. The van der Waals surface area contributed by atoms with Gasteiger partial charge in [0.15, 0.2) is 11.6 Å². The van der Waals surface area contributed by atoms with Crippen molar-refractivity contribution in [2.75, 3.05) is 19.5 Å². The number of methoxy groups -OCH3 is 2. The number of carbonyl (C=O) groups is 3. The summed E-state index contributed by atoms with van der Waals surface area (Å²) in [6, 6.07) is 25.6. The summed E-state index contributed by atoms with van der Waals surface area (Å²) in [5.74, 6) is 2.59. The summed E-state index contributed by atoms with van der Waals surface area (Å²) in [4.78, 5) is 34.2. The van der Waals surface area contributed by atoms with Gasteiger partial charge in [0.1, 0.15) is 23.0 Å². The molecule has 0 unspecified atom stereocenters. The van der Waals surface area contributed by atoms with Gasteiger partial charge in [0.25, 0.3) is 0 Å². The van der Waals surface area contributed by atoms with Crippen molar-refractivity contribution in [3.05, 3.63) is 116 Å². The van der Waals surface area contributed by atoms with Gasteiger partial charge in [0.05, 0.1) is 25.3 Å². The van der Waals surface area contributed by atoms with E-state index in [4.69, 9.17) is 21.1 Å². The van der Waals surface area contributed by atoms with Crippen LogP contribution in [-0.4, -0.2) is 42.7 Å². The smallest absolute Gasteiger partial charge is 0.166 e. The molecule has 0 spiro atoms. The lowest BCUT2D eigenvalue weighted by Crippen LogP contribution is -2.21. The molecule has 0 atom stereocenters. The van der Waals surface area contributed by atoms with E-state index in [1.54, 1.807) is 38.3 Å². The van der Waals surface area contributed by atoms with Crippen molar-refractivity contribution in [1.29, 1.82) is 0 Å². The monoisotopic (exact) mass is 905 g/mol. The van der Waals surface area contributed by atoms with E-state index >= 15 is 0 Å². The van der Waals surface area contributed by atoms with Crippen LogP contribution in [0, 0.1) is 12.8 Å². The van der Waals surface area contributed by atoms with Crippen LogP contribution in [0.4, 0.5) is 5.69 Å². The molecule has 9 heteroatoms. The summed E-state index contributed by atoms with van der Waals surface area (Å²) >= 11 is 9.52. The Kier molecular flexibility index (Phi) is 24.6. The Morgan fingerprint density at radius 1 is 0.767 bits per heavy atom. The lowest BCUT2D eigenvalue weighted by molar-refractivity contribution is -0.116. The summed E-state index contributed by atoms with van der Waals surface area (Å²) < 4.78 is 11.5. The van der Waals surface area contributed by atoms with Gasteiger partial charge in [-0.25, -0.2) is 0 Å². The van der Waals surface area contributed by atoms with Crippen LogP contribution >= 0.6 is 27.5 Å². The lowest BCUT2D eigenvalue weighted by Gasteiger charge is -2.23. The molecule has 0 amide bonds. The van der Waals surface area contributed by atoms with Gasteiger partial charge in [-0.2, -0.15) is 0 Å². The molecule has 4 aromatic carbocycles. The first-order valence-electron chi connectivity index (χ1n) is 21.2. The molecule has 0 aromatic heterocycles. The van der Waals surface area contributed by atoms with Gasteiger partial charge in [-0.1, -0.05) is 124 Å². The maximum atomic E-state index is 11.7. The first-order valence-corrected chi connectivity index (χ1v) is 22.4. The molecule has 2 aliphatic carbocycles. The molecule has 0 aliphatic heterocycles. The normalized spacial score (nSPS) is 13.7. The van der Waals surface area contributed by atoms with Crippen LogP contribution in [0.15, 0.2) is 83.3 Å². The van der Waals surface area contributed by atoms with Crippen LogP contribution in [-0.2, 0) is 17.6 Å². The molecular weight excluding hydrogens is 838 g/mol. The summed E-state index contributed by atoms with van der Waals surface area (Å²) in [7, 11) is 3.08. The predicted octanol–water partition coefficient (Wildman–Crippen LogP) is 14.4. The van der Waals surface area contributed by atoms with E-state index in [9.17, 15) is 19.5 Å². The minimum atomic E-state index is -0.0295. The van der Waals surface area contributed by atoms with E-state index in [1.165, 1.54) is 101 Å². The molecule has 0 radical (unpaired) electrons. The molecule has 60 heavy (non-hydrogen) atoms. The van der Waals surface area contributed by atoms with Crippen molar-refractivity contribution < 1.29 is 29.0 Å². The van der Waals surface area contributed by atoms with Crippen molar-refractivity contribution in [2.24, 2.45) is 5.92 Å². The number of phenols is 1. The van der Waals surface area contributed by atoms with Gasteiger partial charge in [0, 0.05) is 46.6 Å². The third-order valence-electron chi connectivity index (χ3n) is 10.7. The van der Waals surface area contributed by atoms with Crippen molar-refractivity contribution in [3.8, 4) is 17.2 Å². The first-order chi connectivity index (χ1) is 28.4. The highest BCUT2D eigenvalue weighted by atomic mass is 79.9. The fourth-order valence-electron chi connectivity index (χ4n) is 7.37. The molecule has 0 bridgehead atoms. The van der Waals surface area contributed by atoms with Gasteiger partial charge in [0.2, 0.25) is 0 Å². The van der Waals surface area contributed by atoms with Crippen LogP contribution in [0.5, 0.6) is 17.2 Å². The second-order valence-corrected chi connectivity index (χ2v) is 16.8. The quantitative estimate of drug-likeness (QED) is 0.129. The molecule has 7 nitrogen and oxygen atoms in total. The number of hydrogen-bond acceptors (Lipinski definition) is 7. The van der Waals surface area contributed by atoms with Crippen LogP contribution in [0.25, 0.3) is 0 Å². The topological polar surface area (TPSA) is 102 Å². The Morgan fingerprint density at radius 2 is 1.35 bits per heavy atom. The van der Waals surface area contributed by atoms with Crippen molar-refractivity contribution in [3.63, 3.8) is 0 Å². The van der Waals surface area contributed by atoms with Gasteiger partial charge < -0.3 is 19.9 Å². The standard InChI is InChI=1S/C14H19Br.C13H15ClO3.C12H17NO.C11H14O2.CH4/c15-14-10-8-13(9-11-14)7-6-12-4-2-1-3-5-12;1-4-12(16)10-7-11(14)9(5-8(2)15)6-13(10)17-3;14-12-8-4-7-11(9-12)13-10-5-2-1-3-6-10;1-4-10(12)9-6-5-8(2)7-11(9)13-3;/h8-12H,1-7H2;6-7H,4-5H2,1-3H3;4,7-10,13-14H,1-3,5-6H2;5-7H,4H2,1-3H3;1H4. The number of aromatic hydroxyl groups is 1. The molecule has 4 aromatic rings. The predicted molar refractivity (Wildman–Crippen MR) is 254 cm³/mol. The first kappa shape index (κ1) is 52.0. The summed E-state index contributed by atoms with van der Waals surface area (Å²) in [5, 5.41) is 13.2. The number of ether oxygens (including phenoxy) is 2. The molecule has 328 valence electrons. The number of ketones is 3. The van der Waals surface area contributed by atoms with E-state index < -0.39 is 0 Å². The third kappa shape index (κ3) is 18.6. The average molecular weight is 907 g/mol. The third-order valence-corrected chi connectivity index (χ3v) is 11.6. The summed E-state index contributed by atoms with van der Waals surface area (Å²) in [5.41, 5.74) is 5.46. The zero-order valence-electron chi connectivity index (χ0n) is 36.0. The number of anilines is 1. The molecule has 2 N–H and O–H groups in total. The molecule has 0 heterocycles. The molecule has 0 saturated heterocycles. The number of phenolic OH excluding ortho intramolecular Hbond substituents is 1. The number of Topliss-reactive ketones (excluding diaryl/α,β-unsaturated/α-hetero) is 3. The minimum Gasteiger partial charge on any atom is -0.508 e. The maximum Gasteiger partial charge on any atom is 0.166 e. The van der Waals surface area contributed by atoms with E-state index in [1.807, 2.05) is 44.2 Å². The number of carbonyl (C=O) groups excluding carboxylic acids is 3. The number of rotatable bonds is 13. The Hall–Kier alpha value is -4.14. The number of hydrogen-bond donors (Lipinski definition) is 2. The van der Waals surface area contributed by atoms with Crippen molar-refractivity contribution in [1.82, 2.24) is 0 Å². The second kappa shape index (κ2) is 28.4. The highest BCUT2D eigenvalue weighted by molar-refractivity contribution is 9.10. The molecule has 2 fully saturated rings. The minimum absolute atomic E-state index is 0. The number of benzene rings is 4. The fraction of sp³-hybridized carbons (Fsp3) is 0.471. The molecule has 6 rings (SSSR count). The molecule has 2 saturated carbocycles. The molecule has 2 aliphatic rings. The zero-order valence-corrected chi connectivity index (χ0v) is 38.4. The van der Waals surface area contributed by atoms with Gasteiger partial charge in [-0.05, 0) is 111 Å². The van der Waals surface area contributed by atoms with Crippen molar-refractivity contribution in [2.45, 2.75) is 137 Å². The van der Waals surface area contributed by atoms with Crippen LogP contribution in [0.1, 0.15) is 149 Å². The average Bonchev–Trinajstić information content (AvgIpc) is 3.24. The summed E-state index contributed by atoms with van der Waals surface area (Å²) in [6.45, 7) is 7.09. The van der Waals surface area contributed by atoms with E-state index in [0.717, 1.165) is 17.2 Å². The van der Waals surface area contributed by atoms with Crippen LogP contribution < -0.4 is 14.8 Å². The Balaban J connectivity index is 0.000000275. The highest BCUT2D eigenvalue weighted by Gasteiger charge is 2.16. The SMILES string of the molecule is Brc1ccc(CCC2CCCCC2)cc1.C.CCC(=O)c1cc(Cl)c(CC(C)=O)cc1OC.CCC(=O)c1ccc(C)cc1OC.Oc1cccc(NC2CCCCC2)c1. The number of nitrogens with one attached hydrogen (secondary N) is 1. The van der Waals surface area contributed by atoms with E-state index in [2.05, 4.69) is 45.5 Å². The summed E-state index contributed by atoms with van der Waals surface area (Å²) in [6.07, 6.45) is 17.7. The zero-order chi connectivity index (χ0) is 43.2. The fourth-order valence-corrected chi connectivity index (χ4v) is 7.87. The van der Waals surface area contributed by atoms with E-state index in [-0.39, 0.29) is 31.2 Å². The van der Waals surface area contributed by atoms with Crippen LogP contribution in [0.2, 0.25) is 5.02 Å².